The van der Waals surface area contributed by atoms with Gasteiger partial charge in [0.25, 0.3) is 0 Å². The third-order valence-electron chi connectivity index (χ3n) is 3.44. The zero-order valence-corrected chi connectivity index (χ0v) is 12.9. The Morgan fingerprint density at radius 1 is 1.30 bits per heavy atom. The second-order valence-electron chi connectivity index (χ2n) is 6.32. The number of nitrogens with one attached hydrogen (secondary N) is 1. The molecule has 6 heteroatoms. The molecule has 0 saturated heterocycles. The van der Waals surface area contributed by atoms with E-state index in [1.165, 1.54) is 0 Å². The maximum atomic E-state index is 12.1. The van der Waals surface area contributed by atoms with Crippen LogP contribution < -0.4 is 11.1 Å². The van der Waals surface area contributed by atoms with Crippen molar-refractivity contribution in [3.63, 3.8) is 0 Å². The molecule has 3 N–H and O–H groups in total. The molecule has 0 aromatic carbocycles. The number of ether oxygens (including phenoxy) is 1. The molecule has 2 atom stereocenters. The number of carbonyl (C=O) groups is 2. The Hall–Kier alpha value is -1.30. The van der Waals surface area contributed by atoms with Crippen LogP contribution in [0, 0.1) is 0 Å². The van der Waals surface area contributed by atoms with Gasteiger partial charge in [-0.1, -0.05) is 12.8 Å². The highest BCUT2D eigenvalue weighted by molar-refractivity contribution is 5.78. The first kappa shape index (κ1) is 16.8. The minimum Gasteiger partial charge on any atom is -0.444 e. The average Bonchev–Trinajstić information content (AvgIpc) is 2.36. The molecule has 2 amide bonds. The van der Waals surface area contributed by atoms with Gasteiger partial charge >= 0.3 is 6.09 Å². The highest BCUT2D eigenvalue weighted by Gasteiger charge is 2.33. The molecule has 0 aromatic heterocycles. The van der Waals surface area contributed by atoms with E-state index in [9.17, 15) is 9.59 Å². The predicted octanol–water partition coefficient (Wildman–Crippen LogP) is 1.24. The zero-order chi connectivity index (χ0) is 15.3. The first-order valence-electron chi connectivity index (χ1n) is 7.20. The lowest BCUT2D eigenvalue weighted by Crippen LogP contribution is -2.55. The SMILES string of the molecule is CN(C(=O)OC(C)(C)C)[C@H]1CCCC[C@H]1NC(=O)CN. The van der Waals surface area contributed by atoms with Crippen molar-refractivity contribution in [2.75, 3.05) is 13.6 Å². The van der Waals surface area contributed by atoms with Gasteiger partial charge in [-0.3, -0.25) is 4.79 Å². The standard InChI is InChI=1S/C14H27N3O3/c1-14(2,3)20-13(19)17(4)11-8-6-5-7-10(11)16-12(18)9-15/h10-11H,5-9,15H2,1-4H3,(H,16,18)/t10-,11+/m1/s1. The molecule has 0 bridgehead atoms. The van der Waals surface area contributed by atoms with Gasteiger partial charge in [-0.05, 0) is 33.6 Å². The van der Waals surface area contributed by atoms with E-state index >= 15 is 0 Å². The lowest BCUT2D eigenvalue weighted by atomic mass is 9.89. The highest BCUT2D eigenvalue weighted by atomic mass is 16.6. The third-order valence-corrected chi connectivity index (χ3v) is 3.44. The number of carbonyl (C=O) groups excluding carboxylic acids is 2. The van der Waals surface area contributed by atoms with Gasteiger partial charge < -0.3 is 20.7 Å². The fraction of sp³-hybridized carbons (Fsp3) is 0.857. The summed E-state index contributed by atoms with van der Waals surface area (Å²) in [5.41, 5.74) is 4.82. The van der Waals surface area contributed by atoms with Crippen molar-refractivity contribution in [2.45, 2.75) is 64.1 Å². The number of nitrogens with two attached hydrogens (primary N) is 1. The first-order valence-corrected chi connectivity index (χ1v) is 7.20. The number of likely N-dealkylation sites (N-methyl/N-ethyl adjacent to an activating group) is 1. The van der Waals surface area contributed by atoms with Gasteiger partial charge in [-0.25, -0.2) is 4.79 Å². The monoisotopic (exact) mass is 285 g/mol. The molecule has 1 aliphatic rings. The number of hydrogen-bond donors (Lipinski definition) is 2. The van der Waals surface area contributed by atoms with Crippen LogP contribution in [0.1, 0.15) is 46.5 Å². The van der Waals surface area contributed by atoms with Gasteiger partial charge in [0.1, 0.15) is 5.60 Å². The van der Waals surface area contributed by atoms with E-state index < -0.39 is 5.60 Å². The maximum Gasteiger partial charge on any atom is 0.410 e. The Morgan fingerprint density at radius 3 is 2.45 bits per heavy atom. The lowest BCUT2D eigenvalue weighted by molar-refractivity contribution is -0.121. The summed E-state index contributed by atoms with van der Waals surface area (Å²) in [6.07, 6.45) is 3.48. The second-order valence-corrected chi connectivity index (χ2v) is 6.32. The summed E-state index contributed by atoms with van der Waals surface area (Å²) in [6.45, 7) is 5.49. The Balaban J connectivity index is 2.68. The molecule has 0 aliphatic heterocycles. The van der Waals surface area contributed by atoms with E-state index in [-0.39, 0.29) is 30.6 Å². The van der Waals surface area contributed by atoms with E-state index in [4.69, 9.17) is 10.5 Å². The summed E-state index contributed by atoms with van der Waals surface area (Å²) in [5, 5.41) is 2.90. The molecule has 0 radical (unpaired) electrons. The van der Waals surface area contributed by atoms with E-state index in [1.807, 2.05) is 20.8 Å². The van der Waals surface area contributed by atoms with Crippen LogP contribution in [0.4, 0.5) is 4.79 Å². The largest absolute Gasteiger partial charge is 0.444 e. The molecule has 116 valence electrons. The fourth-order valence-corrected chi connectivity index (χ4v) is 2.48. The highest BCUT2D eigenvalue weighted by Crippen LogP contribution is 2.24. The van der Waals surface area contributed by atoms with Crippen LogP contribution >= 0.6 is 0 Å². The molecule has 0 aromatic rings. The quantitative estimate of drug-likeness (QED) is 0.817. The summed E-state index contributed by atoms with van der Waals surface area (Å²) in [4.78, 5) is 25.2. The van der Waals surface area contributed by atoms with Crippen molar-refractivity contribution in [1.82, 2.24) is 10.2 Å². The third kappa shape index (κ3) is 5.00. The van der Waals surface area contributed by atoms with Crippen molar-refractivity contribution in [3.8, 4) is 0 Å². The van der Waals surface area contributed by atoms with E-state index in [0.29, 0.717) is 0 Å². The van der Waals surface area contributed by atoms with Gasteiger partial charge in [0, 0.05) is 13.1 Å². The van der Waals surface area contributed by atoms with Crippen molar-refractivity contribution < 1.29 is 14.3 Å². The minimum absolute atomic E-state index is 0.0284. The summed E-state index contributed by atoms with van der Waals surface area (Å²) in [7, 11) is 1.73. The normalized spacial score (nSPS) is 23.1. The van der Waals surface area contributed by atoms with Crippen LogP contribution in [0.5, 0.6) is 0 Å². The summed E-state index contributed by atoms with van der Waals surface area (Å²) < 4.78 is 5.38. The summed E-state index contributed by atoms with van der Waals surface area (Å²) in [5.74, 6) is -0.181. The smallest absolute Gasteiger partial charge is 0.410 e. The van der Waals surface area contributed by atoms with Crippen LogP contribution in [0.3, 0.4) is 0 Å². The van der Waals surface area contributed by atoms with Gasteiger partial charge in [0.2, 0.25) is 5.91 Å². The summed E-state index contributed by atoms with van der Waals surface area (Å²) >= 11 is 0. The summed E-state index contributed by atoms with van der Waals surface area (Å²) in [6, 6.07) is -0.0774. The molecule has 0 unspecified atom stereocenters. The molecule has 1 aliphatic carbocycles. The van der Waals surface area contributed by atoms with Crippen LogP contribution in [-0.4, -0.2) is 48.2 Å². The number of nitrogens with zero attached hydrogens (tertiary/aromatic N) is 1. The molecule has 1 saturated carbocycles. The van der Waals surface area contributed by atoms with E-state index in [0.717, 1.165) is 25.7 Å². The topological polar surface area (TPSA) is 84.7 Å². The molecular weight excluding hydrogens is 258 g/mol. The van der Waals surface area contributed by atoms with Crippen LogP contribution in [0.15, 0.2) is 0 Å². The van der Waals surface area contributed by atoms with E-state index in [2.05, 4.69) is 5.32 Å². The molecule has 6 nitrogen and oxygen atoms in total. The number of hydrogen-bond acceptors (Lipinski definition) is 4. The maximum absolute atomic E-state index is 12.1. The predicted molar refractivity (Wildman–Crippen MR) is 77.2 cm³/mol. The van der Waals surface area contributed by atoms with Crippen molar-refractivity contribution in [1.29, 1.82) is 0 Å². The van der Waals surface area contributed by atoms with Crippen LogP contribution in [-0.2, 0) is 9.53 Å². The first-order chi connectivity index (χ1) is 9.24. The number of amides is 2. The molecule has 1 fully saturated rings. The van der Waals surface area contributed by atoms with Crippen LogP contribution in [0.25, 0.3) is 0 Å². The van der Waals surface area contributed by atoms with Gasteiger partial charge in [0.05, 0.1) is 12.6 Å². The Morgan fingerprint density at radius 2 is 1.90 bits per heavy atom. The Labute approximate surface area is 121 Å². The van der Waals surface area contributed by atoms with Gasteiger partial charge in [0.15, 0.2) is 0 Å². The molecule has 0 spiro atoms. The molecule has 20 heavy (non-hydrogen) atoms. The van der Waals surface area contributed by atoms with Crippen molar-refractivity contribution in [2.24, 2.45) is 5.73 Å². The van der Waals surface area contributed by atoms with Crippen LogP contribution in [0.2, 0.25) is 0 Å². The average molecular weight is 285 g/mol. The Bertz CT molecular complexity index is 352. The lowest BCUT2D eigenvalue weighted by Gasteiger charge is -2.38. The minimum atomic E-state index is -0.518. The molecular formula is C14H27N3O3. The van der Waals surface area contributed by atoms with Crippen molar-refractivity contribution in [3.05, 3.63) is 0 Å². The van der Waals surface area contributed by atoms with E-state index in [1.54, 1.807) is 11.9 Å². The number of rotatable bonds is 3. The van der Waals surface area contributed by atoms with Gasteiger partial charge in [-0.15, -0.1) is 0 Å². The van der Waals surface area contributed by atoms with Crippen molar-refractivity contribution >= 4 is 12.0 Å². The Kier molecular flexibility index (Phi) is 5.80. The second kappa shape index (κ2) is 6.92. The molecule has 0 heterocycles. The molecule has 1 rings (SSSR count). The zero-order valence-electron chi connectivity index (χ0n) is 12.9. The van der Waals surface area contributed by atoms with Gasteiger partial charge in [-0.2, -0.15) is 0 Å². The fourth-order valence-electron chi connectivity index (χ4n) is 2.48.